The largest absolute Gasteiger partial charge is 0.200 e. The highest BCUT2D eigenvalue weighted by molar-refractivity contribution is 4.86. The molecule has 252 valence electrons. The summed E-state index contributed by atoms with van der Waals surface area (Å²) < 4.78 is 2.58. The second-order valence-corrected chi connectivity index (χ2v) is 14.3. The highest BCUT2D eigenvalue weighted by atomic mass is 15.0. The van der Waals surface area contributed by atoms with E-state index in [2.05, 4.69) is 55.9 Å². The minimum Gasteiger partial charge on any atom is -0.200 e. The molecule has 0 radical (unpaired) electrons. The Kier molecular flexibility index (Phi) is 29.1. The van der Waals surface area contributed by atoms with Crippen LogP contribution in [0.25, 0.3) is 0 Å². The molecule has 0 aliphatic heterocycles. The second kappa shape index (κ2) is 31.1. The van der Waals surface area contributed by atoms with Crippen LogP contribution in [-0.2, 0) is 5.54 Å². The molecule has 0 bridgehead atoms. The standard InChI is InChI=1S/C42H80N/c1-4-7-9-11-13-15-17-19-21-23-25-27-29-31-34-38-42(6-3,43-40-36-33-37-41-43)39-35-32-30-28-26-24-22-20-18-16-14-12-10-8-5-2/h33,36-37,40-41H,4-32,34-35,38-39H2,1-3H3/q+1. The molecule has 0 saturated carbocycles. The number of hydrogen-bond acceptors (Lipinski definition) is 0. The SMILES string of the molecule is CCCCCCCCCCCCCCCCCC(CC)(CCCCCCCCCCCCCCCCC)[n+]1ccccc1. The monoisotopic (exact) mass is 599 g/mol. The van der Waals surface area contributed by atoms with E-state index in [0.29, 0.717) is 5.54 Å². The first-order valence-electron chi connectivity index (χ1n) is 20.3. The third-order valence-corrected chi connectivity index (χ3v) is 10.4. The van der Waals surface area contributed by atoms with Crippen molar-refractivity contribution in [2.45, 2.75) is 238 Å². The second-order valence-electron chi connectivity index (χ2n) is 14.3. The fourth-order valence-corrected chi connectivity index (χ4v) is 7.28. The van der Waals surface area contributed by atoms with E-state index in [4.69, 9.17) is 0 Å². The Hall–Kier alpha value is -0.850. The van der Waals surface area contributed by atoms with Crippen molar-refractivity contribution in [3.8, 4) is 0 Å². The van der Waals surface area contributed by atoms with Gasteiger partial charge in [-0.05, 0) is 12.8 Å². The van der Waals surface area contributed by atoms with E-state index < -0.39 is 0 Å². The Morgan fingerprint density at radius 1 is 0.326 bits per heavy atom. The molecule has 1 rings (SSSR count). The topological polar surface area (TPSA) is 3.88 Å². The molecule has 0 N–H and O–H groups in total. The van der Waals surface area contributed by atoms with Gasteiger partial charge < -0.3 is 0 Å². The van der Waals surface area contributed by atoms with E-state index in [-0.39, 0.29) is 0 Å². The summed E-state index contributed by atoms with van der Waals surface area (Å²) in [7, 11) is 0. The van der Waals surface area contributed by atoms with Gasteiger partial charge in [-0.15, -0.1) is 0 Å². The van der Waals surface area contributed by atoms with Gasteiger partial charge in [0.1, 0.15) is 0 Å². The van der Waals surface area contributed by atoms with Crippen molar-refractivity contribution in [3.05, 3.63) is 30.6 Å². The zero-order chi connectivity index (χ0) is 30.9. The molecule has 1 aromatic heterocycles. The zero-order valence-corrected chi connectivity index (χ0v) is 30.2. The fourth-order valence-electron chi connectivity index (χ4n) is 7.28. The van der Waals surface area contributed by atoms with Crippen LogP contribution in [0.4, 0.5) is 0 Å². The van der Waals surface area contributed by atoms with E-state index >= 15 is 0 Å². The Morgan fingerprint density at radius 2 is 0.581 bits per heavy atom. The Balaban J connectivity index is 2.12. The molecule has 0 atom stereocenters. The summed E-state index contributed by atoms with van der Waals surface area (Å²) in [5, 5.41) is 0. The summed E-state index contributed by atoms with van der Waals surface area (Å²) in [5.41, 5.74) is 0.328. The average Bonchev–Trinajstić information content (AvgIpc) is 3.04. The van der Waals surface area contributed by atoms with Gasteiger partial charge in [-0.25, -0.2) is 0 Å². The normalized spacial score (nSPS) is 11.9. The highest BCUT2D eigenvalue weighted by Crippen LogP contribution is 2.29. The van der Waals surface area contributed by atoms with Crippen molar-refractivity contribution in [1.82, 2.24) is 0 Å². The third kappa shape index (κ3) is 23.2. The lowest BCUT2D eigenvalue weighted by atomic mass is 9.83. The van der Waals surface area contributed by atoms with Gasteiger partial charge in [-0.1, -0.05) is 207 Å². The van der Waals surface area contributed by atoms with Crippen LogP contribution < -0.4 is 4.57 Å². The van der Waals surface area contributed by atoms with Crippen LogP contribution in [0.15, 0.2) is 30.6 Å². The summed E-state index contributed by atoms with van der Waals surface area (Å²) in [6, 6.07) is 6.66. The van der Waals surface area contributed by atoms with Crippen LogP contribution in [0.1, 0.15) is 233 Å². The number of nitrogens with zero attached hydrogens (tertiary/aromatic N) is 1. The smallest absolute Gasteiger partial charge is 0.169 e. The van der Waals surface area contributed by atoms with E-state index in [0.717, 1.165) is 0 Å². The van der Waals surface area contributed by atoms with Gasteiger partial charge in [0.05, 0.1) is 0 Å². The summed E-state index contributed by atoms with van der Waals surface area (Å²) in [5.74, 6) is 0. The lowest BCUT2D eigenvalue weighted by molar-refractivity contribution is -0.768. The summed E-state index contributed by atoms with van der Waals surface area (Å²) in [6.45, 7) is 7.06. The summed E-state index contributed by atoms with van der Waals surface area (Å²) in [4.78, 5) is 0. The molecule has 1 aromatic rings. The zero-order valence-electron chi connectivity index (χ0n) is 30.2. The van der Waals surface area contributed by atoms with E-state index in [1.807, 2.05) is 0 Å². The number of rotatable bonds is 34. The van der Waals surface area contributed by atoms with Gasteiger partial charge in [-0.2, -0.15) is 4.57 Å². The van der Waals surface area contributed by atoms with Crippen molar-refractivity contribution in [2.75, 3.05) is 0 Å². The van der Waals surface area contributed by atoms with Gasteiger partial charge in [0, 0.05) is 31.4 Å². The highest BCUT2D eigenvalue weighted by Gasteiger charge is 2.36. The quantitative estimate of drug-likeness (QED) is 0.0549. The third-order valence-electron chi connectivity index (χ3n) is 10.4. The van der Waals surface area contributed by atoms with Crippen molar-refractivity contribution < 1.29 is 4.57 Å². The van der Waals surface area contributed by atoms with Gasteiger partial charge >= 0.3 is 0 Å². The minimum absolute atomic E-state index is 0.328. The summed E-state index contributed by atoms with van der Waals surface area (Å²) >= 11 is 0. The number of hydrogen-bond donors (Lipinski definition) is 0. The molecular weight excluding hydrogens is 518 g/mol. The molecule has 0 fully saturated rings. The summed E-state index contributed by atoms with van der Waals surface area (Å²) in [6.07, 6.45) is 52.1. The Labute approximate surface area is 272 Å². The minimum atomic E-state index is 0.328. The fraction of sp³-hybridized carbons (Fsp3) is 0.881. The van der Waals surface area contributed by atoms with Crippen LogP contribution in [0.3, 0.4) is 0 Å². The maximum atomic E-state index is 2.58. The van der Waals surface area contributed by atoms with Gasteiger partial charge in [-0.3, -0.25) is 0 Å². The number of pyridine rings is 1. The van der Waals surface area contributed by atoms with Gasteiger partial charge in [0.15, 0.2) is 17.9 Å². The molecule has 1 heterocycles. The molecule has 0 saturated heterocycles. The lowest BCUT2D eigenvalue weighted by Crippen LogP contribution is -2.55. The van der Waals surface area contributed by atoms with Gasteiger partial charge in [0.2, 0.25) is 0 Å². The van der Waals surface area contributed by atoms with Crippen molar-refractivity contribution in [1.29, 1.82) is 0 Å². The number of aromatic nitrogens is 1. The van der Waals surface area contributed by atoms with Crippen LogP contribution in [0.5, 0.6) is 0 Å². The molecule has 43 heavy (non-hydrogen) atoms. The Morgan fingerprint density at radius 3 is 0.837 bits per heavy atom. The van der Waals surface area contributed by atoms with Gasteiger partial charge in [0.25, 0.3) is 0 Å². The van der Waals surface area contributed by atoms with Crippen LogP contribution in [0.2, 0.25) is 0 Å². The maximum Gasteiger partial charge on any atom is 0.169 e. The molecule has 0 spiro atoms. The van der Waals surface area contributed by atoms with E-state index in [9.17, 15) is 0 Å². The average molecular weight is 599 g/mol. The van der Waals surface area contributed by atoms with E-state index in [1.165, 1.54) is 212 Å². The molecule has 0 aliphatic carbocycles. The molecule has 1 nitrogen and oxygen atoms in total. The molecule has 0 aromatic carbocycles. The molecule has 1 heteroatoms. The first kappa shape index (κ1) is 40.2. The van der Waals surface area contributed by atoms with Crippen molar-refractivity contribution in [2.24, 2.45) is 0 Å². The molecular formula is C42H80N+. The Bertz CT molecular complexity index is 618. The predicted molar refractivity (Wildman–Crippen MR) is 194 cm³/mol. The molecule has 0 amide bonds. The molecule has 0 unspecified atom stereocenters. The van der Waals surface area contributed by atoms with Crippen molar-refractivity contribution >= 4 is 0 Å². The first-order chi connectivity index (χ1) is 21.3. The first-order valence-corrected chi connectivity index (χ1v) is 20.3. The van der Waals surface area contributed by atoms with E-state index in [1.54, 1.807) is 0 Å². The maximum absolute atomic E-state index is 2.58. The van der Waals surface area contributed by atoms with Crippen LogP contribution in [-0.4, -0.2) is 0 Å². The van der Waals surface area contributed by atoms with Crippen molar-refractivity contribution in [3.63, 3.8) is 0 Å². The lowest BCUT2D eigenvalue weighted by Gasteiger charge is -2.28. The molecule has 0 aliphatic rings. The van der Waals surface area contributed by atoms with Crippen LogP contribution in [0, 0.1) is 0 Å². The predicted octanol–water partition coefficient (Wildman–Crippen LogP) is 14.6. The number of unbranched alkanes of at least 4 members (excludes halogenated alkanes) is 28. The van der Waals surface area contributed by atoms with Crippen LogP contribution >= 0.6 is 0 Å².